The molecule has 75 heavy (non-hydrogen) atoms. The van der Waals surface area contributed by atoms with Crippen molar-refractivity contribution in [2.75, 3.05) is 11.9 Å². The van der Waals surface area contributed by atoms with Crippen molar-refractivity contribution in [1.29, 1.82) is 0 Å². The quantitative estimate of drug-likeness (QED) is 0.0854. The number of hydrogen-bond acceptors (Lipinski definition) is 13. The Morgan fingerprint density at radius 1 is 0.827 bits per heavy atom. The number of carbonyl (C=O) groups excluding carboxylic acids is 2. The number of fused-ring (bicyclic) bond motifs is 7. The molecule has 0 radical (unpaired) electrons. The molecule has 16 rings (SSSR count). The molecule has 384 valence electrons. The van der Waals surface area contributed by atoms with Crippen LogP contribution in [-0.2, 0) is 17.6 Å². The van der Waals surface area contributed by atoms with E-state index in [1.165, 1.54) is 6.07 Å². The van der Waals surface area contributed by atoms with Crippen LogP contribution in [-0.4, -0.2) is 111 Å². The molecular formula is C60H59N5O10. The monoisotopic (exact) mass is 1010 g/mol. The molecule has 6 aromatic rings. The lowest BCUT2D eigenvalue weighted by atomic mass is 9.51. The van der Waals surface area contributed by atoms with Gasteiger partial charge in [0.15, 0.2) is 17.5 Å². The molecule has 7 heterocycles. The number of hydrogen-bond donors (Lipinski definition) is 9. The maximum absolute atomic E-state index is 15.2. The van der Waals surface area contributed by atoms with E-state index in [0.717, 1.165) is 72.3 Å². The third-order valence-corrected chi connectivity index (χ3v) is 19.9. The highest BCUT2D eigenvalue weighted by atomic mass is 16.7. The number of aliphatic hydroxyl groups excluding tert-OH is 5. The third-order valence-electron chi connectivity index (χ3n) is 19.9. The van der Waals surface area contributed by atoms with Crippen molar-refractivity contribution in [3.63, 3.8) is 0 Å². The van der Waals surface area contributed by atoms with Gasteiger partial charge in [-0.05, 0) is 134 Å². The largest absolute Gasteiger partial charge is 0.507 e. The molecule has 3 saturated carbocycles. The van der Waals surface area contributed by atoms with Crippen LogP contribution in [0.15, 0.2) is 90.4 Å². The van der Waals surface area contributed by atoms with Crippen LogP contribution in [0.3, 0.4) is 0 Å². The van der Waals surface area contributed by atoms with Gasteiger partial charge in [-0.15, -0.1) is 0 Å². The fourth-order valence-corrected chi connectivity index (χ4v) is 16.8. The average molecular weight is 1010 g/mol. The zero-order chi connectivity index (χ0) is 51.1. The first-order valence-corrected chi connectivity index (χ1v) is 26.9. The Bertz CT molecular complexity index is 3560. The maximum atomic E-state index is 15.2. The fourth-order valence-electron chi connectivity index (χ4n) is 16.8. The minimum Gasteiger partial charge on any atom is -0.507 e. The predicted molar refractivity (Wildman–Crippen MR) is 274 cm³/mol. The number of pyridine rings is 1. The van der Waals surface area contributed by atoms with Gasteiger partial charge in [0.05, 0.1) is 35.4 Å². The molecule has 6 aliphatic carbocycles. The van der Waals surface area contributed by atoms with Crippen molar-refractivity contribution < 1.29 is 49.7 Å². The second kappa shape index (κ2) is 15.6. The first-order valence-electron chi connectivity index (χ1n) is 26.9. The molecule has 8 bridgehead atoms. The number of aromatic amines is 2. The molecule has 0 amide bonds. The Morgan fingerprint density at radius 2 is 1.65 bits per heavy atom. The summed E-state index contributed by atoms with van der Waals surface area (Å²) in [5.41, 5.74) is 3.13. The first-order chi connectivity index (χ1) is 36.2. The summed E-state index contributed by atoms with van der Waals surface area (Å²) in [4.78, 5) is 47.1. The number of anilines is 1. The van der Waals surface area contributed by atoms with Crippen LogP contribution >= 0.6 is 0 Å². The Hall–Kier alpha value is -6.46. The number of carbonyl (C=O) groups is 2. The van der Waals surface area contributed by atoms with Gasteiger partial charge in [-0.2, -0.15) is 0 Å². The summed E-state index contributed by atoms with van der Waals surface area (Å²) in [6.07, 6.45) is 6.12. The number of benzene rings is 3. The number of phenolic OH excluding ortho intramolecular Hbond substituents is 1. The zero-order valence-corrected chi connectivity index (χ0v) is 41.6. The van der Waals surface area contributed by atoms with Crippen LogP contribution in [0.4, 0.5) is 5.82 Å². The van der Waals surface area contributed by atoms with E-state index >= 15 is 9.59 Å². The number of imidazole rings is 1. The molecule has 5 spiro atoms. The van der Waals surface area contributed by atoms with Crippen molar-refractivity contribution in [2.24, 2.45) is 16.2 Å². The fraction of sp³-hybridized carbons (Fsp3) is 0.433. The summed E-state index contributed by atoms with van der Waals surface area (Å²) in [7, 11) is 0. The summed E-state index contributed by atoms with van der Waals surface area (Å²) in [6.45, 7) is 1.72. The number of nitrogens with zero attached hydrogens (tertiary/aromatic N) is 2. The van der Waals surface area contributed by atoms with E-state index in [4.69, 9.17) is 19.4 Å². The summed E-state index contributed by atoms with van der Waals surface area (Å²) in [5, 5.41) is 81.8. The van der Waals surface area contributed by atoms with Crippen LogP contribution in [0.25, 0.3) is 16.3 Å². The lowest BCUT2D eigenvalue weighted by Crippen LogP contribution is -2.78. The van der Waals surface area contributed by atoms with Crippen LogP contribution in [0.1, 0.15) is 148 Å². The molecule has 15 nitrogen and oxygen atoms in total. The molecule has 10 aliphatic rings. The van der Waals surface area contributed by atoms with Crippen molar-refractivity contribution in [1.82, 2.24) is 19.9 Å². The maximum Gasteiger partial charge on any atom is 0.261 e. The molecular weight excluding hydrogens is 951 g/mol. The number of phenols is 1. The Morgan fingerprint density at radius 3 is 2.48 bits per heavy atom. The molecule has 3 aromatic heterocycles. The van der Waals surface area contributed by atoms with E-state index in [9.17, 15) is 30.6 Å². The number of ether oxygens (including phenoxy) is 2. The molecule has 4 fully saturated rings. The van der Waals surface area contributed by atoms with Gasteiger partial charge in [0, 0.05) is 75.6 Å². The van der Waals surface area contributed by atoms with Gasteiger partial charge in [-0.25, -0.2) is 9.97 Å². The Labute approximate surface area is 431 Å². The summed E-state index contributed by atoms with van der Waals surface area (Å²) in [5.74, 6) is -4.32. The number of H-pyrrole nitrogens is 2. The highest BCUT2D eigenvalue weighted by Gasteiger charge is 2.76. The van der Waals surface area contributed by atoms with E-state index in [1.807, 2.05) is 18.2 Å². The minimum absolute atomic E-state index is 0.00159. The lowest BCUT2D eigenvalue weighted by molar-refractivity contribution is -0.366. The molecule has 3 aromatic carbocycles. The number of aliphatic hydroxyl groups is 5. The van der Waals surface area contributed by atoms with Crippen molar-refractivity contribution in [3.8, 4) is 11.5 Å². The highest BCUT2D eigenvalue weighted by molar-refractivity contribution is 6.34. The molecule has 4 aliphatic heterocycles. The third kappa shape index (κ3) is 5.96. The van der Waals surface area contributed by atoms with Crippen molar-refractivity contribution in [3.05, 3.63) is 152 Å². The van der Waals surface area contributed by atoms with E-state index in [0.29, 0.717) is 83.9 Å². The smallest absolute Gasteiger partial charge is 0.261 e. The number of aromatic nitrogens is 4. The van der Waals surface area contributed by atoms with Crippen LogP contribution in [0.5, 0.6) is 11.5 Å². The van der Waals surface area contributed by atoms with E-state index in [1.54, 1.807) is 43.7 Å². The number of nitrogens with one attached hydrogen (secondary N) is 3. The molecule has 1 saturated heterocycles. The second-order valence-corrected chi connectivity index (χ2v) is 23.8. The van der Waals surface area contributed by atoms with Crippen LogP contribution in [0.2, 0.25) is 0 Å². The molecule has 10 atom stereocenters. The van der Waals surface area contributed by atoms with E-state index < -0.39 is 64.3 Å². The average Bonchev–Trinajstić information content (AvgIpc) is 4.48. The zero-order valence-electron chi connectivity index (χ0n) is 41.6. The number of rotatable bonds is 4. The van der Waals surface area contributed by atoms with Crippen LogP contribution in [0, 0.1) is 23.2 Å². The number of ketones is 2. The van der Waals surface area contributed by atoms with Gasteiger partial charge < -0.3 is 55.4 Å². The topological polar surface area (TPSA) is 243 Å². The highest BCUT2D eigenvalue weighted by Crippen LogP contribution is 2.73. The van der Waals surface area contributed by atoms with Crippen molar-refractivity contribution >= 4 is 33.7 Å². The minimum atomic E-state index is -2.45. The molecule has 15 heteroatoms. The summed E-state index contributed by atoms with van der Waals surface area (Å²) in [6, 6.07) is 18.5. The van der Waals surface area contributed by atoms with Gasteiger partial charge >= 0.3 is 0 Å². The first kappa shape index (κ1) is 45.9. The van der Waals surface area contributed by atoms with Crippen LogP contribution < -0.4 is 10.1 Å². The standard InChI is InChI=1S/C60H59N5O10/c1-29-18-35-44(41(66)19-29)50(69)46-42-23-33-32(45(46)49(35)68)11-17-61-54(33)62-26-43(67)58-14-7-10-37(58)34-21-31(22-40-39(63-28-64-40)20-30-8-3-2-4-9-30)65-48(34)36-24-59(74-42)52(71)51(70)53(72)60(75-59)47(36)38(58)25-57(55(60)73)16-15-56(27-57)12-5-6-13-56/h2-4,8-9,11,17-19,21,23-24,28,37,43,51-53,55,65-67,70-73H,5-7,10,12-16,20,22,25-27H2,1H3,(H,61,62)(H,63,64)/t37-,43-,51+,52+,53-,55-,57-,58-,59+,60-/m0/s1. The Balaban J connectivity index is 1.02. The summed E-state index contributed by atoms with van der Waals surface area (Å²) >= 11 is 0. The van der Waals surface area contributed by atoms with Crippen molar-refractivity contribution in [2.45, 2.75) is 138 Å². The van der Waals surface area contributed by atoms with Gasteiger partial charge in [0.2, 0.25) is 5.78 Å². The number of aryl methyl sites for hydroxylation is 1. The summed E-state index contributed by atoms with van der Waals surface area (Å²) < 4.78 is 14.7. The normalized spacial score (nSPS) is 33.5. The lowest BCUT2D eigenvalue weighted by Gasteiger charge is -2.64. The second-order valence-electron chi connectivity index (χ2n) is 23.8. The SMILES string of the molecule is Cc1cc(O)c2c(c1)C(=O)c1c(c3cc4c(nccc14)NC[C@H](O)[C@@]14CCC[C@H]1c1cc(Cc5nc[nH]c5Cc5ccccc5)[nH]c1C1=C[C@@]5(O3)O[C@@]3(C1=C4C[C@]1(CCC4(CCCC4)C1)[C@@H]3O)[C@@H](O)[C@H](O)[C@H]5O)C2=O. The van der Waals surface area contributed by atoms with Gasteiger partial charge in [-0.3, -0.25) is 9.59 Å². The van der Waals surface area contributed by atoms with E-state index in [2.05, 4.69) is 33.5 Å². The predicted octanol–water partition coefficient (Wildman–Crippen LogP) is 7.13. The van der Waals surface area contributed by atoms with Gasteiger partial charge in [0.1, 0.15) is 29.5 Å². The molecule has 9 N–H and O–H groups in total. The van der Waals surface area contributed by atoms with E-state index in [-0.39, 0.29) is 51.6 Å². The molecule has 0 unspecified atom stereocenters. The van der Waals surface area contributed by atoms with Gasteiger partial charge in [0.25, 0.3) is 5.79 Å². The van der Waals surface area contributed by atoms with Gasteiger partial charge in [-0.1, -0.05) is 55.2 Å². The number of aromatic hydroxyl groups is 1. The Kier molecular flexibility index (Phi) is 9.53.